The van der Waals surface area contributed by atoms with Crippen molar-refractivity contribution in [3.05, 3.63) is 84.7 Å². The molecular weight excluding hydrogens is 380 g/mol. The molecule has 0 saturated heterocycles. The molecule has 0 unspecified atom stereocenters. The Morgan fingerprint density at radius 3 is 2.39 bits per heavy atom. The number of hydrogen-bond donors (Lipinski definition) is 0. The second kappa shape index (κ2) is 6.39. The van der Waals surface area contributed by atoms with Gasteiger partial charge in [0, 0.05) is 16.3 Å². The molecule has 150 valence electrons. The number of aromatic nitrogens is 2. The average Bonchev–Trinajstić information content (AvgIpc) is 3.17. The van der Waals surface area contributed by atoms with Crippen LogP contribution < -0.4 is 0 Å². The van der Waals surface area contributed by atoms with Crippen molar-refractivity contribution in [3.8, 4) is 11.3 Å². The molecule has 0 spiro atoms. The smallest absolute Gasteiger partial charge is 0.231 e. The lowest BCUT2D eigenvalue weighted by molar-refractivity contribution is 0.591. The third-order valence-corrected chi connectivity index (χ3v) is 6.16. The first kappa shape index (κ1) is 18.1. The van der Waals surface area contributed by atoms with E-state index in [1.807, 2.05) is 12.1 Å². The summed E-state index contributed by atoms with van der Waals surface area (Å²) in [5, 5.41) is 6.67. The highest BCUT2D eigenvalue weighted by Gasteiger charge is 2.19. The topological polar surface area (TPSA) is 38.9 Å². The Morgan fingerprint density at radius 1 is 0.710 bits per heavy atom. The van der Waals surface area contributed by atoms with Crippen LogP contribution in [0.3, 0.4) is 0 Å². The minimum Gasteiger partial charge on any atom is -0.437 e. The number of benzene rings is 4. The van der Waals surface area contributed by atoms with Gasteiger partial charge in [-0.05, 0) is 33.2 Å². The summed E-state index contributed by atoms with van der Waals surface area (Å²) >= 11 is 0. The van der Waals surface area contributed by atoms with Gasteiger partial charge >= 0.3 is 0 Å². The van der Waals surface area contributed by atoms with E-state index in [0.29, 0.717) is 5.71 Å². The zero-order valence-corrected chi connectivity index (χ0v) is 17.8. The fraction of sp³-hybridized carbons (Fsp3) is 0.143. The molecule has 0 aliphatic heterocycles. The number of furan rings is 1. The zero-order valence-electron chi connectivity index (χ0n) is 17.8. The first-order chi connectivity index (χ1) is 15.0. The number of rotatable bonds is 1. The van der Waals surface area contributed by atoms with Gasteiger partial charge in [0.1, 0.15) is 11.9 Å². The van der Waals surface area contributed by atoms with Crippen molar-refractivity contribution in [2.45, 2.75) is 26.2 Å². The van der Waals surface area contributed by atoms with E-state index >= 15 is 0 Å². The van der Waals surface area contributed by atoms with Crippen molar-refractivity contribution >= 4 is 43.6 Å². The Hall–Kier alpha value is -3.72. The summed E-state index contributed by atoms with van der Waals surface area (Å²) < 4.78 is 6.25. The minimum atomic E-state index is 0.105. The fourth-order valence-electron chi connectivity index (χ4n) is 4.50. The third kappa shape index (κ3) is 2.73. The maximum absolute atomic E-state index is 6.25. The predicted molar refractivity (Wildman–Crippen MR) is 128 cm³/mol. The Balaban J connectivity index is 1.68. The highest BCUT2D eigenvalue weighted by Crippen LogP contribution is 2.39. The zero-order chi connectivity index (χ0) is 21.2. The summed E-state index contributed by atoms with van der Waals surface area (Å²) in [4.78, 5) is 9.19. The molecule has 31 heavy (non-hydrogen) atoms. The van der Waals surface area contributed by atoms with Gasteiger partial charge in [-0.3, -0.25) is 0 Å². The van der Waals surface area contributed by atoms with Crippen molar-refractivity contribution in [2.75, 3.05) is 0 Å². The van der Waals surface area contributed by atoms with E-state index in [4.69, 9.17) is 9.40 Å². The van der Waals surface area contributed by atoms with Crippen LogP contribution in [0, 0.1) is 0 Å². The van der Waals surface area contributed by atoms with Gasteiger partial charge in [-0.25, -0.2) is 9.97 Å². The molecule has 0 aliphatic carbocycles. The van der Waals surface area contributed by atoms with E-state index in [9.17, 15) is 0 Å². The third-order valence-electron chi connectivity index (χ3n) is 6.16. The summed E-state index contributed by atoms with van der Waals surface area (Å²) in [6, 6.07) is 25.7. The van der Waals surface area contributed by atoms with Crippen LogP contribution in [0.25, 0.3) is 54.9 Å². The van der Waals surface area contributed by atoms with Crippen molar-refractivity contribution in [3.63, 3.8) is 0 Å². The largest absolute Gasteiger partial charge is 0.437 e. The normalized spacial score (nSPS) is 12.4. The Morgan fingerprint density at radius 2 is 1.52 bits per heavy atom. The number of fused-ring (bicyclic) bond motifs is 6. The van der Waals surface area contributed by atoms with Crippen LogP contribution in [-0.4, -0.2) is 9.97 Å². The van der Waals surface area contributed by atoms with E-state index in [1.54, 1.807) is 6.33 Å². The number of nitrogens with zero attached hydrogens (tertiary/aromatic N) is 2. The SMILES string of the molecule is CC(C)(C)c1ccc2c(-c3ncnc4oc5c6ccccc6ccc5c34)cccc2c1. The predicted octanol–water partition coefficient (Wildman–Crippen LogP) is 7.65. The molecule has 0 saturated carbocycles. The van der Waals surface area contributed by atoms with E-state index in [1.165, 1.54) is 16.3 Å². The molecule has 0 aliphatic rings. The number of hydrogen-bond acceptors (Lipinski definition) is 3. The molecule has 6 aromatic rings. The van der Waals surface area contributed by atoms with Gasteiger partial charge in [0.15, 0.2) is 0 Å². The monoisotopic (exact) mass is 402 g/mol. The Labute approximate surface area is 180 Å². The molecular formula is C28H22N2O. The van der Waals surface area contributed by atoms with Gasteiger partial charge in [0.25, 0.3) is 0 Å². The lowest BCUT2D eigenvalue weighted by atomic mass is 9.85. The van der Waals surface area contributed by atoms with Crippen LogP contribution in [0.1, 0.15) is 26.3 Å². The molecule has 0 atom stereocenters. The first-order valence-corrected chi connectivity index (χ1v) is 10.6. The Kier molecular flexibility index (Phi) is 3.73. The van der Waals surface area contributed by atoms with Crippen LogP contribution in [0.2, 0.25) is 0 Å². The quantitative estimate of drug-likeness (QED) is 0.283. The molecule has 0 amide bonds. The molecule has 3 nitrogen and oxygen atoms in total. The van der Waals surface area contributed by atoms with Crippen molar-refractivity contribution < 1.29 is 4.42 Å². The van der Waals surface area contributed by atoms with Crippen molar-refractivity contribution in [2.24, 2.45) is 0 Å². The molecule has 0 fully saturated rings. The van der Waals surface area contributed by atoms with Gasteiger partial charge in [-0.2, -0.15) is 0 Å². The molecule has 6 rings (SSSR count). The van der Waals surface area contributed by atoms with Gasteiger partial charge < -0.3 is 4.42 Å². The van der Waals surface area contributed by atoms with Crippen LogP contribution in [-0.2, 0) is 5.41 Å². The molecule has 2 aromatic heterocycles. The van der Waals surface area contributed by atoms with E-state index in [-0.39, 0.29) is 5.41 Å². The second-order valence-electron chi connectivity index (χ2n) is 9.16. The summed E-state index contributed by atoms with van der Waals surface area (Å²) in [7, 11) is 0. The van der Waals surface area contributed by atoms with Crippen molar-refractivity contribution in [1.29, 1.82) is 0 Å². The van der Waals surface area contributed by atoms with Gasteiger partial charge in [0.05, 0.1) is 11.1 Å². The molecule has 4 aromatic carbocycles. The Bertz CT molecular complexity index is 1620. The van der Waals surface area contributed by atoms with Crippen LogP contribution in [0.15, 0.2) is 83.5 Å². The standard InChI is InChI=1S/C28H22N2O/c1-28(2,3)19-12-14-20-18(15-19)8-6-10-22(20)25-24-23-13-11-17-7-4-5-9-21(17)26(23)31-27(24)30-16-29-25/h4-16H,1-3H3. The molecule has 3 heteroatoms. The van der Waals surface area contributed by atoms with Gasteiger partial charge in [0.2, 0.25) is 5.71 Å². The molecule has 2 heterocycles. The van der Waals surface area contributed by atoms with E-state index in [0.717, 1.165) is 38.4 Å². The van der Waals surface area contributed by atoms with Crippen LogP contribution in [0.5, 0.6) is 0 Å². The maximum atomic E-state index is 6.25. The second-order valence-corrected chi connectivity index (χ2v) is 9.16. The highest BCUT2D eigenvalue weighted by molar-refractivity contribution is 6.18. The van der Waals surface area contributed by atoms with E-state index < -0.39 is 0 Å². The summed E-state index contributed by atoms with van der Waals surface area (Å²) in [6.07, 6.45) is 1.60. The van der Waals surface area contributed by atoms with Gasteiger partial charge in [-0.1, -0.05) is 87.5 Å². The average molecular weight is 402 g/mol. The maximum Gasteiger partial charge on any atom is 0.231 e. The summed E-state index contributed by atoms with van der Waals surface area (Å²) in [6.45, 7) is 6.73. The highest BCUT2D eigenvalue weighted by atomic mass is 16.3. The fourth-order valence-corrected chi connectivity index (χ4v) is 4.50. The van der Waals surface area contributed by atoms with Crippen LogP contribution >= 0.6 is 0 Å². The summed E-state index contributed by atoms with van der Waals surface area (Å²) in [5.41, 5.74) is 4.93. The van der Waals surface area contributed by atoms with Crippen molar-refractivity contribution in [1.82, 2.24) is 9.97 Å². The lowest BCUT2D eigenvalue weighted by Gasteiger charge is -2.20. The lowest BCUT2D eigenvalue weighted by Crippen LogP contribution is -2.10. The van der Waals surface area contributed by atoms with E-state index in [2.05, 4.69) is 86.4 Å². The first-order valence-electron chi connectivity index (χ1n) is 10.6. The minimum absolute atomic E-state index is 0.105. The van der Waals surface area contributed by atoms with Crippen LogP contribution in [0.4, 0.5) is 0 Å². The molecule has 0 bridgehead atoms. The van der Waals surface area contributed by atoms with Gasteiger partial charge in [-0.15, -0.1) is 0 Å². The molecule has 0 N–H and O–H groups in total. The molecule has 0 radical (unpaired) electrons. The summed E-state index contributed by atoms with van der Waals surface area (Å²) in [5.74, 6) is 0.